The van der Waals surface area contributed by atoms with Gasteiger partial charge in [0.05, 0.1) is 13.2 Å². The van der Waals surface area contributed by atoms with Crippen molar-refractivity contribution >= 4 is 59.7 Å². The van der Waals surface area contributed by atoms with E-state index >= 15 is 0 Å². The molecule has 2 nitrogen and oxygen atoms in total. The molecule has 1 saturated carbocycles. The monoisotopic (exact) mass is 666 g/mol. The van der Waals surface area contributed by atoms with Gasteiger partial charge < -0.3 is 9.84 Å². The molecule has 0 amide bonds. The van der Waals surface area contributed by atoms with E-state index in [2.05, 4.69) is 104 Å². The number of rotatable bonds is 6. The first kappa shape index (κ1) is 28.9. The Bertz CT molecular complexity index is 755. The molecule has 3 rings (SSSR count). The number of aryl methyl sites for hydroxylation is 1. The topological polar surface area (TPSA) is 29.5 Å². The molecule has 0 aliphatic heterocycles. The number of hydrogen-bond donors (Lipinski definition) is 1. The lowest BCUT2D eigenvalue weighted by Crippen LogP contribution is -2.16. The van der Waals surface area contributed by atoms with Crippen LogP contribution in [0.4, 0.5) is 0 Å². The van der Waals surface area contributed by atoms with Gasteiger partial charge in [-0.3, -0.25) is 0 Å². The van der Waals surface area contributed by atoms with Gasteiger partial charge in [-0.05, 0) is 76.6 Å². The van der Waals surface area contributed by atoms with Crippen molar-refractivity contribution in [2.24, 2.45) is 5.92 Å². The maximum Gasteiger partial charge on any atom is 0.126 e. The summed E-state index contributed by atoms with van der Waals surface area (Å²) in [4.78, 5) is 1.97. The molecule has 1 unspecified atom stereocenters. The molecule has 172 valence electrons. The van der Waals surface area contributed by atoms with Gasteiger partial charge in [0.25, 0.3) is 0 Å². The highest BCUT2D eigenvalue weighted by molar-refractivity contribution is 14.1. The summed E-state index contributed by atoms with van der Waals surface area (Å²) in [6.07, 6.45) is 10.9. The number of allylic oxidation sites excluding steroid dienone is 2. The average molecular weight is 666 g/mol. The van der Waals surface area contributed by atoms with Crippen LogP contribution >= 0.6 is 54.4 Å². The summed E-state index contributed by atoms with van der Waals surface area (Å²) < 4.78 is 6.63. The van der Waals surface area contributed by atoms with E-state index in [4.69, 9.17) is 4.74 Å². The molecule has 1 N–H and O–H groups in total. The van der Waals surface area contributed by atoms with Gasteiger partial charge in [-0.25, -0.2) is 0 Å². The third kappa shape index (κ3) is 10.5. The van der Waals surface area contributed by atoms with Crippen LogP contribution in [0, 0.1) is 5.92 Å². The van der Waals surface area contributed by atoms with Crippen LogP contribution in [0.5, 0.6) is 5.75 Å². The van der Waals surface area contributed by atoms with E-state index in [1.54, 1.807) is 7.11 Å². The zero-order valence-electron chi connectivity index (χ0n) is 19.0. The third-order valence-corrected chi connectivity index (χ3v) is 5.90. The number of hydrogen-bond acceptors (Lipinski definition) is 2. The van der Waals surface area contributed by atoms with Crippen molar-refractivity contribution in [3.05, 3.63) is 60.2 Å². The largest absolute Gasteiger partial charge is 0.496 e. The van der Waals surface area contributed by atoms with Crippen molar-refractivity contribution in [1.82, 2.24) is 0 Å². The number of ether oxygens (including phenoxy) is 1. The van der Waals surface area contributed by atoms with Crippen molar-refractivity contribution in [1.29, 1.82) is 0 Å². The Hall–Kier alpha value is -0.170. The van der Waals surface area contributed by atoms with E-state index in [9.17, 15) is 5.11 Å². The second-order valence-corrected chi connectivity index (χ2v) is 9.52. The van der Waals surface area contributed by atoms with Crippen LogP contribution in [0.3, 0.4) is 0 Å². The van der Waals surface area contributed by atoms with Crippen LogP contribution in [0.25, 0.3) is 11.1 Å². The maximum atomic E-state index is 9.57. The van der Waals surface area contributed by atoms with Crippen LogP contribution in [-0.4, -0.2) is 27.7 Å². The molecule has 1 aliphatic carbocycles. The molecule has 2 aromatic rings. The summed E-state index contributed by atoms with van der Waals surface area (Å²) in [5.74, 6) is 1.56. The van der Waals surface area contributed by atoms with E-state index in [-0.39, 0.29) is 6.10 Å². The van der Waals surface area contributed by atoms with Crippen LogP contribution < -0.4 is 10.0 Å². The second kappa shape index (κ2) is 17.3. The Morgan fingerprint density at radius 3 is 2.26 bits per heavy atom. The van der Waals surface area contributed by atoms with Crippen LogP contribution in [0.1, 0.15) is 44.6 Å². The zero-order chi connectivity index (χ0) is 23.1. The zero-order valence-corrected chi connectivity index (χ0v) is 24.5. The van der Waals surface area contributed by atoms with E-state index in [1.807, 2.05) is 17.1 Å². The minimum absolute atomic E-state index is 0.0650. The molecular formula is C26H37I2O2P. The fourth-order valence-electron chi connectivity index (χ4n) is 3.66. The summed E-state index contributed by atoms with van der Waals surface area (Å²) in [6.45, 7) is 2.11. The molecule has 0 spiro atoms. The second-order valence-electron chi connectivity index (χ2n) is 7.42. The van der Waals surface area contributed by atoms with Gasteiger partial charge in [-0.2, -0.15) is 0 Å². The molecule has 1 fully saturated rings. The van der Waals surface area contributed by atoms with E-state index in [0.717, 1.165) is 49.6 Å². The molecule has 1 aliphatic rings. The summed E-state index contributed by atoms with van der Waals surface area (Å²) in [5, 5.41) is 10.7. The highest BCUT2D eigenvalue weighted by atomic mass is 127. The number of alkyl halides is 2. The number of aliphatic hydroxyl groups is 1. The molecule has 0 saturated heterocycles. The summed E-state index contributed by atoms with van der Waals surface area (Å²) in [5.41, 5.74) is 3.78. The molecule has 1 atom stereocenters. The normalized spacial score (nSPS) is 17.9. The predicted molar refractivity (Wildman–Crippen MR) is 158 cm³/mol. The summed E-state index contributed by atoms with van der Waals surface area (Å²) in [6, 6.07) is 15.0. The minimum atomic E-state index is -0.0650. The highest BCUT2D eigenvalue weighted by Crippen LogP contribution is 2.26. The fraction of sp³-hybridized carbons (Fsp3) is 0.462. The Balaban J connectivity index is 0.000000884. The van der Waals surface area contributed by atoms with Crippen LogP contribution in [-0.2, 0) is 6.42 Å². The Morgan fingerprint density at radius 2 is 1.68 bits per heavy atom. The van der Waals surface area contributed by atoms with Crippen molar-refractivity contribution in [2.45, 2.75) is 51.6 Å². The lowest BCUT2D eigenvalue weighted by atomic mass is 9.87. The average Bonchev–Trinajstić information content (AvgIpc) is 2.80. The Morgan fingerprint density at radius 1 is 1.06 bits per heavy atom. The first-order chi connectivity index (χ1) is 15.1. The first-order valence-electron chi connectivity index (χ1n) is 10.9. The minimum Gasteiger partial charge on any atom is -0.496 e. The van der Waals surface area contributed by atoms with Gasteiger partial charge in [-0.15, -0.1) is 9.24 Å². The number of halogens is 2. The quantitative estimate of drug-likeness (QED) is 0.151. The van der Waals surface area contributed by atoms with E-state index in [1.165, 1.54) is 21.1 Å². The molecular weight excluding hydrogens is 629 g/mol. The fourth-order valence-corrected chi connectivity index (χ4v) is 4.13. The Labute approximate surface area is 219 Å². The van der Waals surface area contributed by atoms with Crippen LogP contribution in [0.2, 0.25) is 0 Å². The molecule has 31 heavy (non-hydrogen) atoms. The molecule has 0 bridgehead atoms. The standard InChI is InChI=1S/C23H29O2P.C2H5I.CH3I/c1-25-22-8-4-7-21(23(22)26)19-13-9-17(10-14-19)5-2-3-6-18-11-15-20(24)16-12-18;1-2-3;1-2/h3-4,6-10,13-14,18,20,24H,2,5,11-12,15-16,26H2,1H3;2H2,1H3;1H3/b6-3+;;. The van der Waals surface area contributed by atoms with Gasteiger partial charge in [0.1, 0.15) is 5.75 Å². The SMILES string of the molecule is CCI.CI.COc1cccc(-c2ccc(CC/C=C/C3CCC(O)CC3)cc2)c1P. The van der Waals surface area contributed by atoms with Gasteiger partial charge in [0, 0.05) is 5.30 Å². The summed E-state index contributed by atoms with van der Waals surface area (Å²) >= 11 is 4.44. The van der Waals surface area contributed by atoms with Crippen molar-refractivity contribution in [3.8, 4) is 16.9 Å². The van der Waals surface area contributed by atoms with Crippen molar-refractivity contribution in [2.75, 3.05) is 16.5 Å². The van der Waals surface area contributed by atoms with Crippen molar-refractivity contribution in [3.63, 3.8) is 0 Å². The molecule has 5 heteroatoms. The number of methoxy groups -OCH3 is 1. The molecule has 0 aromatic heterocycles. The van der Waals surface area contributed by atoms with E-state index in [0.29, 0.717) is 5.92 Å². The third-order valence-electron chi connectivity index (χ3n) is 5.30. The van der Waals surface area contributed by atoms with Gasteiger partial charge in [0.15, 0.2) is 0 Å². The van der Waals surface area contributed by atoms with E-state index < -0.39 is 0 Å². The van der Waals surface area contributed by atoms with Crippen molar-refractivity contribution < 1.29 is 9.84 Å². The number of benzene rings is 2. The molecule has 2 aromatic carbocycles. The first-order valence-corrected chi connectivity index (χ1v) is 15.1. The summed E-state index contributed by atoms with van der Waals surface area (Å²) in [7, 11) is 4.50. The predicted octanol–water partition coefficient (Wildman–Crippen LogP) is 7.40. The molecule has 0 heterocycles. The van der Waals surface area contributed by atoms with Crippen LogP contribution in [0.15, 0.2) is 54.6 Å². The highest BCUT2D eigenvalue weighted by Gasteiger charge is 2.16. The smallest absolute Gasteiger partial charge is 0.126 e. The van der Waals surface area contributed by atoms with Gasteiger partial charge in [0.2, 0.25) is 0 Å². The lowest BCUT2D eigenvalue weighted by Gasteiger charge is -2.22. The van der Waals surface area contributed by atoms with Gasteiger partial charge >= 0.3 is 0 Å². The maximum absolute atomic E-state index is 9.57. The Kier molecular flexibility index (Phi) is 16.1. The number of aliphatic hydroxyl groups excluding tert-OH is 1. The molecule has 0 radical (unpaired) electrons. The lowest BCUT2D eigenvalue weighted by molar-refractivity contribution is 0.118. The van der Waals surface area contributed by atoms with Gasteiger partial charge in [-0.1, -0.05) is 101 Å².